The summed E-state index contributed by atoms with van der Waals surface area (Å²) in [5.41, 5.74) is 8.02. The number of hydrogen-bond acceptors (Lipinski definition) is 4. The van der Waals surface area contributed by atoms with Gasteiger partial charge in [-0.05, 0) is 60.2 Å². The van der Waals surface area contributed by atoms with Crippen molar-refractivity contribution in [1.82, 2.24) is 4.31 Å². The highest BCUT2D eigenvalue weighted by molar-refractivity contribution is 7.89. The maximum absolute atomic E-state index is 13.5. The van der Waals surface area contributed by atoms with Crippen molar-refractivity contribution in [2.45, 2.75) is 50.6 Å². The molecule has 1 heterocycles. The summed E-state index contributed by atoms with van der Waals surface area (Å²) in [6.45, 7) is 3.79. The number of carbonyl (C=O) groups is 2. The van der Waals surface area contributed by atoms with Crippen LogP contribution in [0.15, 0.2) is 47.4 Å². The van der Waals surface area contributed by atoms with Crippen LogP contribution in [0.25, 0.3) is 0 Å². The Balaban J connectivity index is 2.02. The lowest BCUT2D eigenvalue weighted by molar-refractivity contribution is -0.122. The predicted octanol–water partition coefficient (Wildman–Crippen LogP) is 3.32. The van der Waals surface area contributed by atoms with E-state index in [9.17, 15) is 18.0 Å². The fourth-order valence-electron chi connectivity index (χ4n) is 3.64. The summed E-state index contributed by atoms with van der Waals surface area (Å²) in [6.07, 6.45) is 1.24. The molecule has 0 aliphatic carbocycles. The van der Waals surface area contributed by atoms with Crippen LogP contribution in [-0.2, 0) is 32.6 Å². The molecule has 0 aromatic heterocycles. The summed E-state index contributed by atoms with van der Waals surface area (Å²) in [7, 11) is -4.03. The Labute approximate surface area is 187 Å². The van der Waals surface area contributed by atoms with E-state index in [1.165, 1.54) is 28.6 Å². The number of anilines is 1. The third-order valence-corrected chi connectivity index (χ3v) is 7.32. The Morgan fingerprint density at radius 1 is 1.16 bits per heavy atom. The van der Waals surface area contributed by atoms with Crippen LogP contribution in [0.3, 0.4) is 0 Å². The molecule has 1 aliphatic rings. The number of halogens is 1. The first-order chi connectivity index (χ1) is 14.6. The minimum absolute atomic E-state index is 0.0213. The molecule has 2 aromatic rings. The third-order valence-electron chi connectivity index (χ3n) is 5.19. The minimum Gasteiger partial charge on any atom is -0.368 e. The zero-order chi connectivity index (χ0) is 22.8. The maximum atomic E-state index is 13.5. The predicted molar refractivity (Wildman–Crippen MR) is 120 cm³/mol. The molecular weight excluding hydrogens is 438 g/mol. The van der Waals surface area contributed by atoms with Crippen molar-refractivity contribution < 1.29 is 18.0 Å². The van der Waals surface area contributed by atoms with E-state index in [1.807, 2.05) is 19.9 Å². The number of rotatable bonds is 8. The van der Waals surface area contributed by atoms with Gasteiger partial charge >= 0.3 is 0 Å². The summed E-state index contributed by atoms with van der Waals surface area (Å²) in [5, 5.41) is 3.22. The van der Waals surface area contributed by atoms with Crippen molar-refractivity contribution >= 4 is 39.1 Å². The Kier molecular flexibility index (Phi) is 7.03. The molecule has 1 atom stereocenters. The molecule has 0 saturated carbocycles. The molecule has 3 rings (SSSR count). The van der Waals surface area contributed by atoms with Crippen LogP contribution >= 0.6 is 11.6 Å². The SMILES string of the molecule is CC(C)C[C@H](C(N)=O)N(Cc1ccc2c(c1)CCC(=O)N2)S(=O)(=O)c1ccc(Cl)cc1. The molecule has 3 N–H and O–H groups in total. The second-order valence-electron chi connectivity index (χ2n) is 8.09. The van der Waals surface area contributed by atoms with Gasteiger partial charge in [0.25, 0.3) is 0 Å². The van der Waals surface area contributed by atoms with Gasteiger partial charge in [0.05, 0.1) is 4.90 Å². The number of nitrogens with one attached hydrogen (secondary N) is 1. The van der Waals surface area contributed by atoms with Crippen molar-refractivity contribution in [2.75, 3.05) is 5.32 Å². The van der Waals surface area contributed by atoms with Crippen LogP contribution in [-0.4, -0.2) is 30.6 Å². The topological polar surface area (TPSA) is 110 Å². The van der Waals surface area contributed by atoms with Crippen LogP contribution in [0, 0.1) is 5.92 Å². The van der Waals surface area contributed by atoms with E-state index in [-0.39, 0.29) is 23.3 Å². The normalized spacial score (nSPS) is 14.9. The molecule has 0 saturated heterocycles. The number of fused-ring (bicyclic) bond motifs is 1. The molecule has 0 spiro atoms. The molecule has 0 bridgehead atoms. The molecule has 31 heavy (non-hydrogen) atoms. The average molecular weight is 464 g/mol. The van der Waals surface area contributed by atoms with Crippen molar-refractivity contribution in [3.05, 3.63) is 58.6 Å². The van der Waals surface area contributed by atoms with Crippen LogP contribution in [0.4, 0.5) is 5.69 Å². The highest BCUT2D eigenvalue weighted by Crippen LogP contribution is 2.28. The van der Waals surface area contributed by atoms with Crippen molar-refractivity contribution in [3.8, 4) is 0 Å². The second kappa shape index (κ2) is 9.38. The molecule has 0 fully saturated rings. The minimum atomic E-state index is -4.03. The van der Waals surface area contributed by atoms with Gasteiger partial charge in [0.2, 0.25) is 21.8 Å². The van der Waals surface area contributed by atoms with E-state index in [0.717, 1.165) is 11.3 Å². The maximum Gasteiger partial charge on any atom is 0.244 e. The van der Waals surface area contributed by atoms with E-state index in [0.29, 0.717) is 29.8 Å². The quantitative estimate of drug-likeness (QED) is 0.625. The monoisotopic (exact) mass is 463 g/mol. The lowest BCUT2D eigenvalue weighted by Gasteiger charge is -2.30. The summed E-state index contributed by atoms with van der Waals surface area (Å²) in [6, 6.07) is 10.2. The van der Waals surface area contributed by atoms with Crippen molar-refractivity contribution in [2.24, 2.45) is 11.7 Å². The standard InChI is InChI=1S/C22H26ClN3O4S/c1-14(2)11-20(22(24)28)26(31(29,30)18-7-5-17(23)6-8-18)13-15-3-9-19-16(12-15)4-10-21(27)25-19/h3,5-9,12,14,20H,4,10-11,13H2,1-2H3,(H2,24,28)(H,25,27)/t20-/m1/s1. The number of primary amides is 1. The Morgan fingerprint density at radius 3 is 2.45 bits per heavy atom. The van der Waals surface area contributed by atoms with Crippen LogP contribution in [0.1, 0.15) is 37.8 Å². The highest BCUT2D eigenvalue weighted by Gasteiger charge is 2.35. The number of sulfonamides is 1. The first-order valence-corrected chi connectivity index (χ1v) is 11.9. The molecular formula is C22H26ClN3O4S. The summed E-state index contributed by atoms with van der Waals surface area (Å²) in [5.74, 6) is -0.687. The van der Waals surface area contributed by atoms with Crippen LogP contribution in [0.2, 0.25) is 5.02 Å². The third kappa shape index (κ3) is 5.44. The Hall–Kier alpha value is -2.42. The van der Waals surface area contributed by atoms with Gasteiger partial charge in [0.15, 0.2) is 0 Å². The van der Waals surface area contributed by atoms with Gasteiger partial charge in [-0.3, -0.25) is 9.59 Å². The molecule has 9 heteroatoms. The van der Waals surface area contributed by atoms with E-state index in [4.69, 9.17) is 17.3 Å². The number of nitrogens with zero attached hydrogens (tertiary/aromatic N) is 1. The second-order valence-corrected chi connectivity index (χ2v) is 10.4. The lowest BCUT2D eigenvalue weighted by atomic mass is 9.99. The van der Waals surface area contributed by atoms with Crippen molar-refractivity contribution in [1.29, 1.82) is 0 Å². The molecule has 2 aromatic carbocycles. The van der Waals surface area contributed by atoms with Crippen LogP contribution < -0.4 is 11.1 Å². The average Bonchev–Trinajstić information content (AvgIpc) is 2.70. The van der Waals surface area contributed by atoms with Gasteiger partial charge in [-0.25, -0.2) is 8.42 Å². The number of amides is 2. The van der Waals surface area contributed by atoms with Crippen LogP contribution in [0.5, 0.6) is 0 Å². The first-order valence-electron chi connectivity index (χ1n) is 10.1. The molecule has 2 amide bonds. The summed E-state index contributed by atoms with van der Waals surface area (Å²) in [4.78, 5) is 24.0. The highest BCUT2D eigenvalue weighted by atomic mass is 35.5. The van der Waals surface area contributed by atoms with E-state index < -0.39 is 22.0 Å². The number of nitrogens with two attached hydrogens (primary N) is 1. The van der Waals surface area contributed by atoms with E-state index in [1.54, 1.807) is 12.1 Å². The fraction of sp³-hybridized carbons (Fsp3) is 0.364. The number of benzene rings is 2. The molecule has 0 radical (unpaired) electrons. The van der Waals surface area contributed by atoms with Gasteiger partial charge in [0, 0.05) is 23.7 Å². The van der Waals surface area contributed by atoms with Gasteiger partial charge in [-0.15, -0.1) is 0 Å². The van der Waals surface area contributed by atoms with Gasteiger partial charge in [0.1, 0.15) is 6.04 Å². The van der Waals surface area contributed by atoms with E-state index in [2.05, 4.69) is 5.32 Å². The molecule has 0 unspecified atom stereocenters. The Bertz CT molecular complexity index is 1080. The lowest BCUT2D eigenvalue weighted by Crippen LogP contribution is -2.48. The number of aryl methyl sites for hydroxylation is 1. The zero-order valence-corrected chi connectivity index (χ0v) is 19.0. The zero-order valence-electron chi connectivity index (χ0n) is 17.5. The van der Waals surface area contributed by atoms with E-state index >= 15 is 0 Å². The molecule has 7 nitrogen and oxygen atoms in total. The summed E-state index contributed by atoms with van der Waals surface area (Å²) < 4.78 is 28.2. The summed E-state index contributed by atoms with van der Waals surface area (Å²) >= 11 is 5.92. The molecule has 1 aliphatic heterocycles. The fourth-order valence-corrected chi connectivity index (χ4v) is 5.36. The van der Waals surface area contributed by atoms with Crippen molar-refractivity contribution in [3.63, 3.8) is 0 Å². The smallest absolute Gasteiger partial charge is 0.244 e. The largest absolute Gasteiger partial charge is 0.368 e. The number of hydrogen-bond donors (Lipinski definition) is 2. The first kappa shape index (κ1) is 23.2. The molecule has 166 valence electrons. The van der Waals surface area contributed by atoms with Gasteiger partial charge in [-0.1, -0.05) is 37.6 Å². The number of carbonyl (C=O) groups excluding carboxylic acids is 2. The van der Waals surface area contributed by atoms with Gasteiger partial charge < -0.3 is 11.1 Å². The van der Waals surface area contributed by atoms with Gasteiger partial charge in [-0.2, -0.15) is 4.31 Å². The Morgan fingerprint density at radius 2 is 1.84 bits per heavy atom.